The molecule has 0 N–H and O–H groups in total. The second kappa shape index (κ2) is 3.95. The van der Waals surface area contributed by atoms with Crippen molar-refractivity contribution in [2.24, 2.45) is 0 Å². The van der Waals surface area contributed by atoms with Crippen molar-refractivity contribution < 1.29 is 8.42 Å². The number of halogens is 1. The van der Waals surface area contributed by atoms with Crippen molar-refractivity contribution in [1.82, 2.24) is 25.3 Å². The van der Waals surface area contributed by atoms with Gasteiger partial charge in [-0.1, -0.05) is 0 Å². The zero-order valence-corrected chi connectivity index (χ0v) is 9.85. The molecule has 2 rings (SSSR count). The number of hydrogen-bond acceptors (Lipinski definition) is 6. The molecule has 1 unspecified atom stereocenters. The summed E-state index contributed by atoms with van der Waals surface area (Å²) >= 11 is 5.53. The molecule has 0 spiro atoms. The quantitative estimate of drug-likeness (QED) is 0.718. The predicted octanol–water partition coefficient (Wildman–Crippen LogP) is -0.0797. The maximum Gasteiger partial charge on any atom is 0.201 e. The fourth-order valence-electron chi connectivity index (χ4n) is 1.07. The zero-order chi connectivity index (χ0) is 11.8. The van der Waals surface area contributed by atoms with E-state index in [2.05, 4.69) is 20.6 Å². The molecular formula is C7H8ClN5O2S. The molecule has 0 amide bonds. The highest BCUT2D eigenvalue weighted by Gasteiger charge is 2.24. The van der Waals surface area contributed by atoms with Gasteiger partial charge in [0.1, 0.15) is 0 Å². The Morgan fingerprint density at radius 2 is 2.25 bits per heavy atom. The van der Waals surface area contributed by atoms with E-state index >= 15 is 0 Å². The molecule has 0 saturated heterocycles. The average Bonchev–Trinajstić information content (AvgIpc) is 2.74. The minimum atomic E-state index is -3.52. The van der Waals surface area contributed by atoms with Crippen molar-refractivity contribution in [1.29, 1.82) is 0 Å². The molecule has 2 heterocycles. The molecular weight excluding hydrogens is 254 g/mol. The van der Waals surface area contributed by atoms with Crippen molar-refractivity contribution >= 4 is 27.1 Å². The van der Waals surface area contributed by atoms with Gasteiger partial charge in [-0.15, -0.1) is 26.4 Å². The maximum atomic E-state index is 11.9. The van der Waals surface area contributed by atoms with E-state index in [-0.39, 0.29) is 10.9 Å². The second-order valence-corrected chi connectivity index (χ2v) is 5.83. The third-order valence-electron chi connectivity index (χ3n) is 2.08. The maximum absolute atomic E-state index is 11.9. The Balaban J connectivity index is 2.55. The lowest BCUT2D eigenvalue weighted by Crippen LogP contribution is -2.21. The highest BCUT2D eigenvalue weighted by Crippen LogP contribution is 2.14. The molecule has 9 heteroatoms. The van der Waals surface area contributed by atoms with E-state index < -0.39 is 15.1 Å². The molecule has 16 heavy (non-hydrogen) atoms. The largest absolute Gasteiger partial charge is 0.222 e. The monoisotopic (exact) mass is 261 g/mol. The summed E-state index contributed by atoms with van der Waals surface area (Å²) in [5, 5.41) is 13.5. The van der Waals surface area contributed by atoms with Crippen LogP contribution in [0.4, 0.5) is 0 Å². The minimum absolute atomic E-state index is 0.0116. The van der Waals surface area contributed by atoms with Crippen LogP contribution in [0.15, 0.2) is 17.2 Å². The van der Waals surface area contributed by atoms with E-state index in [1.54, 1.807) is 0 Å². The summed E-state index contributed by atoms with van der Waals surface area (Å²) in [7, 11) is -3.52. The van der Waals surface area contributed by atoms with Crippen LogP contribution >= 0.6 is 11.6 Å². The van der Waals surface area contributed by atoms with Gasteiger partial charge < -0.3 is 0 Å². The molecule has 0 aliphatic heterocycles. The summed E-state index contributed by atoms with van der Waals surface area (Å²) in [6.07, 6.45) is 0. The first-order chi connectivity index (χ1) is 7.55. The van der Waals surface area contributed by atoms with Crippen LogP contribution in [0.25, 0.3) is 5.65 Å². The van der Waals surface area contributed by atoms with Crippen LogP contribution in [0.2, 0.25) is 0 Å². The topological polar surface area (TPSA) is 90.1 Å². The summed E-state index contributed by atoms with van der Waals surface area (Å²) in [6.45, 7) is 1.52. The summed E-state index contributed by atoms with van der Waals surface area (Å²) in [4.78, 5) is 0. The second-order valence-electron chi connectivity index (χ2n) is 3.21. The van der Waals surface area contributed by atoms with Gasteiger partial charge in [0, 0.05) is 5.88 Å². The SMILES string of the molecule is CC(CCl)S(=O)(=O)c1ccc2nnnn2n1. The normalized spacial score (nSPS) is 14.1. The van der Waals surface area contributed by atoms with E-state index in [9.17, 15) is 8.42 Å². The summed E-state index contributed by atoms with van der Waals surface area (Å²) in [5.41, 5.74) is 0.387. The lowest BCUT2D eigenvalue weighted by Gasteiger charge is -2.07. The van der Waals surface area contributed by atoms with Crippen molar-refractivity contribution in [3.8, 4) is 0 Å². The van der Waals surface area contributed by atoms with E-state index in [4.69, 9.17) is 11.6 Å². The molecule has 2 aromatic rings. The first-order valence-electron chi connectivity index (χ1n) is 4.41. The molecule has 0 aromatic carbocycles. The van der Waals surface area contributed by atoms with Crippen LogP contribution in [0, 0.1) is 0 Å². The Morgan fingerprint density at radius 1 is 1.50 bits per heavy atom. The van der Waals surface area contributed by atoms with Crippen LogP contribution in [-0.2, 0) is 9.84 Å². The number of nitrogens with zero attached hydrogens (tertiary/aromatic N) is 5. The molecule has 0 saturated carbocycles. The van der Waals surface area contributed by atoms with Gasteiger partial charge in [-0.3, -0.25) is 0 Å². The highest BCUT2D eigenvalue weighted by molar-refractivity contribution is 7.92. The van der Waals surface area contributed by atoms with E-state index in [0.29, 0.717) is 5.65 Å². The highest BCUT2D eigenvalue weighted by atomic mass is 35.5. The Morgan fingerprint density at radius 3 is 2.94 bits per heavy atom. The number of rotatable bonds is 3. The Labute approximate surface area is 96.3 Å². The minimum Gasteiger partial charge on any atom is -0.222 e. The van der Waals surface area contributed by atoms with Gasteiger partial charge in [0.05, 0.1) is 5.25 Å². The van der Waals surface area contributed by atoms with Gasteiger partial charge in [0.2, 0.25) is 9.84 Å². The van der Waals surface area contributed by atoms with Crippen molar-refractivity contribution in [3.05, 3.63) is 12.1 Å². The Kier molecular flexibility index (Phi) is 2.76. The smallest absolute Gasteiger partial charge is 0.201 e. The van der Waals surface area contributed by atoms with Gasteiger partial charge in [-0.2, -0.15) is 0 Å². The van der Waals surface area contributed by atoms with Gasteiger partial charge in [-0.25, -0.2) is 8.42 Å². The fourth-order valence-corrected chi connectivity index (χ4v) is 2.60. The third-order valence-corrected chi connectivity index (χ3v) is 4.76. The molecule has 0 bridgehead atoms. The summed E-state index contributed by atoms with van der Waals surface area (Å²) in [6, 6.07) is 2.85. The molecule has 0 fully saturated rings. The first kappa shape index (κ1) is 11.2. The Bertz CT molecular complexity index is 610. The van der Waals surface area contributed by atoms with Crippen LogP contribution in [0.3, 0.4) is 0 Å². The zero-order valence-electron chi connectivity index (χ0n) is 8.28. The van der Waals surface area contributed by atoms with E-state index in [0.717, 1.165) is 4.63 Å². The van der Waals surface area contributed by atoms with Gasteiger partial charge in [0.15, 0.2) is 10.7 Å². The van der Waals surface area contributed by atoms with Crippen LogP contribution in [0.5, 0.6) is 0 Å². The van der Waals surface area contributed by atoms with Crippen LogP contribution in [0.1, 0.15) is 6.92 Å². The molecule has 1 atom stereocenters. The number of alkyl halides is 1. The number of tetrazole rings is 1. The standard InChI is InChI=1S/C7H8ClN5O2S/c1-5(4-8)16(14,15)7-3-2-6-9-11-12-13(6)10-7/h2-3,5H,4H2,1H3. The van der Waals surface area contributed by atoms with E-state index in [1.165, 1.54) is 19.1 Å². The molecule has 7 nitrogen and oxygen atoms in total. The predicted molar refractivity (Wildman–Crippen MR) is 55.9 cm³/mol. The van der Waals surface area contributed by atoms with Gasteiger partial charge in [-0.05, 0) is 29.5 Å². The van der Waals surface area contributed by atoms with E-state index in [1.807, 2.05) is 0 Å². The number of sulfone groups is 1. The molecule has 0 radical (unpaired) electrons. The van der Waals surface area contributed by atoms with Crippen molar-refractivity contribution in [2.75, 3.05) is 5.88 Å². The summed E-state index contributed by atoms with van der Waals surface area (Å²) < 4.78 is 24.9. The lowest BCUT2D eigenvalue weighted by atomic mass is 10.6. The van der Waals surface area contributed by atoms with Crippen molar-refractivity contribution in [2.45, 2.75) is 17.2 Å². The van der Waals surface area contributed by atoms with Crippen molar-refractivity contribution in [3.63, 3.8) is 0 Å². The van der Waals surface area contributed by atoms with Crippen LogP contribution in [-0.4, -0.2) is 44.8 Å². The van der Waals surface area contributed by atoms with Gasteiger partial charge >= 0.3 is 0 Å². The Hall–Kier alpha value is -1.28. The number of hydrogen-bond donors (Lipinski definition) is 0. The lowest BCUT2D eigenvalue weighted by molar-refractivity contribution is 0.576. The molecule has 0 aliphatic carbocycles. The molecule has 2 aromatic heterocycles. The average molecular weight is 262 g/mol. The number of fused-ring (bicyclic) bond motifs is 1. The first-order valence-corrected chi connectivity index (χ1v) is 6.49. The van der Waals surface area contributed by atoms with Crippen LogP contribution < -0.4 is 0 Å². The fraction of sp³-hybridized carbons (Fsp3) is 0.429. The molecule has 86 valence electrons. The van der Waals surface area contributed by atoms with Gasteiger partial charge in [0.25, 0.3) is 0 Å². The summed E-state index contributed by atoms with van der Waals surface area (Å²) in [5.74, 6) is 0.0116. The number of aromatic nitrogens is 5. The third kappa shape index (κ3) is 1.74. The molecule has 0 aliphatic rings.